The Hall–Kier alpha value is -3.30. The number of halogens is 1. The average molecular weight is 407 g/mol. The maximum atomic E-state index is 12.7. The highest BCUT2D eigenvalue weighted by Gasteiger charge is 2.27. The molecule has 2 heterocycles. The Morgan fingerprint density at radius 3 is 2.76 bits per heavy atom. The van der Waals surface area contributed by atoms with Gasteiger partial charge < -0.3 is 15.3 Å². The van der Waals surface area contributed by atoms with Crippen molar-refractivity contribution in [2.24, 2.45) is 5.92 Å². The molecule has 4 rings (SSSR count). The Kier molecular flexibility index (Phi) is 5.24. The van der Waals surface area contributed by atoms with E-state index in [1.807, 2.05) is 24.3 Å². The smallest absolute Gasteiger partial charge is 0.227 e. The molecule has 1 fully saturated rings. The molecule has 1 amide bonds. The van der Waals surface area contributed by atoms with Crippen LogP contribution in [0.5, 0.6) is 5.75 Å². The van der Waals surface area contributed by atoms with E-state index < -0.39 is 0 Å². The summed E-state index contributed by atoms with van der Waals surface area (Å²) in [6.07, 6.45) is 2.90. The summed E-state index contributed by atoms with van der Waals surface area (Å²) in [6.45, 7) is 1.31. The van der Waals surface area contributed by atoms with Gasteiger partial charge >= 0.3 is 0 Å². The van der Waals surface area contributed by atoms with Crippen LogP contribution in [-0.4, -0.2) is 29.1 Å². The number of fused-ring (bicyclic) bond motifs is 1. The zero-order chi connectivity index (χ0) is 20.4. The number of nitrogens with one attached hydrogen (secondary N) is 1. The topological polar surface area (TPSA) is 89.2 Å². The van der Waals surface area contributed by atoms with Crippen LogP contribution in [0.25, 0.3) is 10.9 Å². The number of phenolic OH excluding ortho intramolecular Hbond substituents is 1. The molecule has 7 heteroatoms. The number of carbonyl (C=O) groups is 1. The minimum Gasteiger partial charge on any atom is -0.506 e. The molecule has 2 aromatic carbocycles. The fraction of sp³-hybridized carbons (Fsp3) is 0.227. The number of nitrogens with zero attached hydrogens (tertiary/aromatic N) is 3. The van der Waals surface area contributed by atoms with Gasteiger partial charge in [-0.15, -0.1) is 0 Å². The number of hydrogen-bond acceptors (Lipinski definition) is 5. The quantitative estimate of drug-likeness (QED) is 0.632. The molecule has 0 bridgehead atoms. The van der Waals surface area contributed by atoms with Crippen LogP contribution in [-0.2, 0) is 4.79 Å². The van der Waals surface area contributed by atoms with E-state index in [9.17, 15) is 15.2 Å². The zero-order valence-electron chi connectivity index (χ0n) is 15.6. The van der Waals surface area contributed by atoms with Gasteiger partial charge in [-0.3, -0.25) is 9.78 Å². The summed E-state index contributed by atoms with van der Waals surface area (Å²) in [6, 6.07) is 14.6. The molecule has 0 saturated carbocycles. The molecule has 146 valence electrons. The molecule has 3 aromatic rings. The molecule has 1 aromatic heterocycles. The molecule has 29 heavy (non-hydrogen) atoms. The van der Waals surface area contributed by atoms with E-state index in [0.717, 1.165) is 16.6 Å². The average Bonchev–Trinajstić information content (AvgIpc) is 2.75. The number of carbonyl (C=O) groups excluding carboxylic acids is 1. The Bertz CT molecular complexity index is 1120. The predicted octanol–water partition coefficient (Wildman–Crippen LogP) is 4.32. The standard InChI is InChI=1S/C22H19ClN4O2/c23-16-5-6-20(28)19(11-16)26-22(29)14-7-9-27(10-8-14)21-15(12-24)13-25-18-4-2-1-3-17(18)21/h1-6,11,13-14,28H,7-10H2,(H,26,29). The van der Waals surface area contributed by atoms with Crippen molar-refractivity contribution in [1.82, 2.24) is 4.98 Å². The molecule has 1 aliphatic heterocycles. The van der Waals surface area contributed by atoms with Crippen LogP contribution in [0.15, 0.2) is 48.7 Å². The minimum absolute atomic E-state index is 0.0119. The zero-order valence-corrected chi connectivity index (χ0v) is 16.4. The van der Waals surface area contributed by atoms with Crippen LogP contribution in [0.4, 0.5) is 11.4 Å². The van der Waals surface area contributed by atoms with Crippen molar-refractivity contribution in [2.75, 3.05) is 23.3 Å². The van der Waals surface area contributed by atoms with E-state index in [2.05, 4.69) is 21.3 Å². The van der Waals surface area contributed by atoms with Gasteiger partial charge in [-0.1, -0.05) is 29.8 Å². The third kappa shape index (κ3) is 3.82. The lowest BCUT2D eigenvalue weighted by Gasteiger charge is -2.34. The van der Waals surface area contributed by atoms with E-state index in [1.165, 1.54) is 12.1 Å². The highest BCUT2D eigenvalue weighted by atomic mass is 35.5. The summed E-state index contributed by atoms with van der Waals surface area (Å²) < 4.78 is 0. The Morgan fingerprint density at radius 1 is 1.24 bits per heavy atom. The van der Waals surface area contributed by atoms with Crippen LogP contribution < -0.4 is 10.2 Å². The SMILES string of the molecule is N#Cc1cnc2ccccc2c1N1CCC(C(=O)Nc2cc(Cl)ccc2O)CC1. The monoisotopic (exact) mass is 406 g/mol. The molecule has 1 aliphatic rings. The van der Waals surface area contributed by atoms with Crippen LogP contribution in [0, 0.1) is 17.2 Å². The molecule has 0 radical (unpaired) electrons. The van der Waals surface area contributed by atoms with Gasteiger partial charge in [0, 0.05) is 35.6 Å². The van der Waals surface area contributed by atoms with Gasteiger partial charge in [0.1, 0.15) is 11.8 Å². The van der Waals surface area contributed by atoms with Gasteiger partial charge in [0.05, 0.1) is 22.5 Å². The maximum absolute atomic E-state index is 12.7. The number of amides is 1. The molecular weight excluding hydrogens is 388 g/mol. The Labute approximate surface area is 173 Å². The number of benzene rings is 2. The summed E-state index contributed by atoms with van der Waals surface area (Å²) in [5, 5.41) is 23.6. The van der Waals surface area contributed by atoms with Gasteiger partial charge in [-0.05, 0) is 37.1 Å². The highest BCUT2D eigenvalue weighted by molar-refractivity contribution is 6.31. The van der Waals surface area contributed by atoms with E-state index in [-0.39, 0.29) is 17.6 Å². The first kappa shape index (κ1) is 19.0. The first-order chi connectivity index (χ1) is 14.1. The van der Waals surface area contributed by atoms with Gasteiger partial charge in [-0.2, -0.15) is 5.26 Å². The van der Waals surface area contributed by atoms with Gasteiger partial charge in [0.25, 0.3) is 0 Å². The highest BCUT2D eigenvalue weighted by Crippen LogP contribution is 2.33. The van der Waals surface area contributed by atoms with Crippen molar-refractivity contribution in [3.8, 4) is 11.8 Å². The van der Waals surface area contributed by atoms with Gasteiger partial charge in [0.15, 0.2) is 0 Å². The molecule has 2 N–H and O–H groups in total. The number of nitriles is 1. The summed E-state index contributed by atoms with van der Waals surface area (Å²) in [7, 11) is 0. The normalized spacial score (nSPS) is 14.6. The molecule has 1 saturated heterocycles. The first-order valence-corrected chi connectivity index (χ1v) is 9.77. The number of para-hydroxylation sites is 1. The van der Waals surface area contributed by atoms with Crippen molar-refractivity contribution in [3.63, 3.8) is 0 Å². The van der Waals surface area contributed by atoms with Crippen molar-refractivity contribution in [1.29, 1.82) is 5.26 Å². The lowest BCUT2D eigenvalue weighted by atomic mass is 9.94. The number of aromatic hydroxyl groups is 1. The Balaban J connectivity index is 1.50. The minimum atomic E-state index is -0.178. The van der Waals surface area contributed by atoms with E-state index in [1.54, 1.807) is 12.3 Å². The van der Waals surface area contributed by atoms with E-state index >= 15 is 0 Å². The summed E-state index contributed by atoms with van der Waals surface area (Å²) >= 11 is 5.95. The maximum Gasteiger partial charge on any atom is 0.227 e. The number of rotatable bonds is 3. The second-order valence-electron chi connectivity index (χ2n) is 7.06. The summed E-state index contributed by atoms with van der Waals surface area (Å²) in [5.74, 6) is -0.326. The fourth-order valence-electron chi connectivity index (χ4n) is 3.76. The number of phenols is 1. The van der Waals surface area contributed by atoms with Crippen LogP contribution >= 0.6 is 11.6 Å². The molecule has 0 atom stereocenters. The summed E-state index contributed by atoms with van der Waals surface area (Å²) in [5.41, 5.74) is 2.58. The van der Waals surface area contributed by atoms with Crippen molar-refractivity contribution >= 4 is 39.8 Å². The third-order valence-electron chi connectivity index (χ3n) is 5.27. The number of hydrogen-bond donors (Lipinski definition) is 2. The number of anilines is 2. The number of piperidine rings is 1. The van der Waals surface area contributed by atoms with E-state index in [4.69, 9.17) is 11.6 Å². The van der Waals surface area contributed by atoms with Crippen LogP contribution in [0.2, 0.25) is 5.02 Å². The molecule has 0 aliphatic carbocycles. The van der Waals surface area contributed by atoms with Gasteiger partial charge in [0.2, 0.25) is 5.91 Å². The van der Waals surface area contributed by atoms with Crippen LogP contribution in [0.3, 0.4) is 0 Å². The second kappa shape index (κ2) is 7.98. The van der Waals surface area contributed by atoms with Gasteiger partial charge in [-0.25, -0.2) is 0 Å². The summed E-state index contributed by atoms with van der Waals surface area (Å²) in [4.78, 5) is 19.2. The van der Waals surface area contributed by atoms with E-state index in [0.29, 0.717) is 42.2 Å². The number of aromatic nitrogens is 1. The lowest BCUT2D eigenvalue weighted by Crippen LogP contribution is -2.38. The largest absolute Gasteiger partial charge is 0.506 e. The molecule has 0 unspecified atom stereocenters. The fourth-order valence-corrected chi connectivity index (χ4v) is 3.93. The first-order valence-electron chi connectivity index (χ1n) is 9.39. The Morgan fingerprint density at radius 2 is 2.00 bits per heavy atom. The molecule has 0 spiro atoms. The van der Waals surface area contributed by atoms with Crippen molar-refractivity contribution < 1.29 is 9.90 Å². The van der Waals surface area contributed by atoms with Crippen LogP contribution in [0.1, 0.15) is 18.4 Å². The number of pyridine rings is 1. The molecular formula is C22H19ClN4O2. The van der Waals surface area contributed by atoms with Crippen molar-refractivity contribution in [2.45, 2.75) is 12.8 Å². The molecule has 6 nitrogen and oxygen atoms in total. The second-order valence-corrected chi connectivity index (χ2v) is 7.50. The third-order valence-corrected chi connectivity index (χ3v) is 5.50. The predicted molar refractivity (Wildman–Crippen MR) is 113 cm³/mol. The van der Waals surface area contributed by atoms with Crippen molar-refractivity contribution in [3.05, 3.63) is 59.2 Å². The lowest BCUT2D eigenvalue weighted by molar-refractivity contribution is -0.120.